The van der Waals surface area contributed by atoms with Gasteiger partial charge in [-0.1, -0.05) is 42.5 Å². The van der Waals surface area contributed by atoms with Crippen LogP contribution in [0, 0.1) is 13.8 Å². The van der Waals surface area contributed by atoms with Gasteiger partial charge in [0.15, 0.2) is 5.69 Å². The first-order valence-electron chi connectivity index (χ1n) is 10.7. The van der Waals surface area contributed by atoms with Crippen LogP contribution in [-0.4, -0.2) is 4.74 Å². The SMILES string of the molecule is Cc1cccc(C)c1-c1cccc(COc2ccc3c(c2)CCC3n2oc(=O)[n-]c2=O)c1.[K+]. The maximum atomic E-state index is 11.9. The minimum absolute atomic E-state index is 0. The molecule has 33 heavy (non-hydrogen) atoms. The zero-order chi connectivity index (χ0) is 22.2. The van der Waals surface area contributed by atoms with Gasteiger partial charge >= 0.3 is 57.1 Å². The minimum atomic E-state index is -0.855. The van der Waals surface area contributed by atoms with Crippen LogP contribution in [0.1, 0.15) is 40.3 Å². The number of fused-ring (bicyclic) bond motifs is 1. The predicted octanol–water partition coefficient (Wildman–Crippen LogP) is 1.16. The molecule has 0 bridgehead atoms. The summed E-state index contributed by atoms with van der Waals surface area (Å²) in [5.74, 6) is -0.0807. The van der Waals surface area contributed by atoms with Gasteiger partial charge in [-0.2, -0.15) is 0 Å². The Bertz CT molecular complexity index is 1400. The van der Waals surface area contributed by atoms with Crippen LogP contribution in [0.4, 0.5) is 0 Å². The summed E-state index contributed by atoms with van der Waals surface area (Å²) in [6, 6.07) is 20.3. The van der Waals surface area contributed by atoms with E-state index in [4.69, 9.17) is 9.26 Å². The molecule has 1 atom stereocenters. The first kappa shape index (κ1) is 24.0. The van der Waals surface area contributed by atoms with Crippen molar-refractivity contribution in [3.8, 4) is 16.9 Å². The van der Waals surface area contributed by atoms with E-state index in [1.807, 2.05) is 18.2 Å². The standard InChI is InChI=1S/C26H24N2O4.K/c1-16-5-3-6-17(2)24(16)20-8-4-7-18(13-20)15-31-21-10-11-22-19(14-21)9-12-23(22)28-25(29)27-26(30)32-28;/h3-8,10-11,13-14,23H,9,12,15H2,1-2H3,(H,27,29,30);/q;+1/p-1. The van der Waals surface area contributed by atoms with Crippen molar-refractivity contribution in [3.05, 3.63) is 110 Å². The van der Waals surface area contributed by atoms with Gasteiger partial charge in [-0.05, 0) is 83.8 Å². The third kappa shape index (κ3) is 4.88. The fourth-order valence-electron chi connectivity index (χ4n) is 4.63. The molecule has 4 aromatic rings. The van der Waals surface area contributed by atoms with Gasteiger partial charge in [-0.25, -0.2) is 4.79 Å². The molecule has 7 heteroatoms. The summed E-state index contributed by atoms with van der Waals surface area (Å²) < 4.78 is 12.1. The molecule has 162 valence electrons. The van der Waals surface area contributed by atoms with Gasteiger partial charge in [0.1, 0.15) is 12.4 Å². The average Bonchev–Trinajstić information content (AvgIpc) is 3.34. The van der Waals surface area contributed by atoms with Crippen molar-refractivity contribution >= 4 is 0 Å². The van der Waals surface area contributed by atoms with Crippen LogP contribution in [0.2, 0.25) is 0 Å². The zero-order valence-electron chi connectivity index (χ0n) is 19.0. The predicted molar refractivity (Wildman–Crippen MR) is 121 cm³/mol. The molecule has 1 aliphatic rings. The molecule has 1 heterocycles. The average molecular weight is 467 g/mol. The van der Waals surface area contributed by atoms with Crippen molar-refractivity contribution in [1.29, 1.82) is 0 Å². The molecule has 1 aliphatic carbocycles. The first-order chi connectivity index (χ1) is 15.5. The van der Waals surface area contributed by atoms with Gasteiger partial charge in [-0.15, -0.1) is 0 Å². The number of rotatable bonds is 5. The number of ether oxygens (including phenoxy) is 1. The van der Waals surface area contributed by atoms with Gasteiger partial charge in [0, 0.05) is 6.04 Å². The van der Waals surface area contributed by atoms with E-state index >= 15 is 0 Å². The first-order valence-corrected chi connectivity index (χ1v) is 10.7. The number of nitrogens with zero attached hydrogens (tertiary/aromatic N) is 2. The second-order valence-corrected chi connectivity index (χ2v) is 8.25. The summed E-state index contributed by atoms with van der Waals surface area (Å²) in [6.45, 7) is 4.73. The van der Waals surface area contributed by atoms with Gasteiger partial charge in [0.2, 0.25) is 0 Å². The molecule has 5 rings (SSSR count). The normalized spacial score (nSPS) is 14.5. The van der Waals surface area contributed by atoms with E-state index in [1.165, 1.54) is 22.3 Å². The minimum Gasteiger partial charge on any atom is -0.489 e. The van der Waals surface area contributed by atoms with Gasteiger partial charge < -0.3 is 14.2 Å². The van der Waals surface area contributed by atoms with Crippen LogP contribution in [-0.2, 0) is 13.0 Å². The Kier molecular flexibility index (Phi) is 7.26. The van der Waals surface area contributed by atoms with Crippen molar-refractivity contribution in [2.75, 3.05) is 0 Å². The second-order valence-electron chi connectivity index (χ2n) is 8.25. The molecule has 0 radical (unpaired) electrons. The monoisotopic (exact) mass is 466 g/mol. The van der Waals surface area contributed by atoms with Crippen LogP contribution in [0.3, 0.4) is 0 Å². The summed E-state index contributed by atoms with van der Waals surface area (Å²) in [7, 11) is 0. The van der Waals surface area contributed by atoms with E-state index in [2.05, 4.69) is 61.3 Å². The van der Waals surface area contributed by atoms with Crippen molar-refractivity contribution in [2.24, 2.45) is 0 Å². The van der Waals surface area contributed by atoms with Crippen LogP contribution >= 0.6 is 0 Å². The van der Waals surface area contributed by atoms with Crippen molar-refractivity contribution in [2.45, 2.75) is 39.3 Å². The van der Waals surface area contributed by atoms with E-state index in [-0.39, 0.29) is 57.4 Å². The molecule has 0 N–H and O–H groups in total. The molecule has 0 spiro atoms. The molecule has 0 saturated heterocycles. The zero-order valence-corrected chi connectivity index (χ0v) is 22.1. The van der Waals surface area contributed by atoms with E-state index in [0.29, 0.717) is 13.0 Å². The van der Waals surface area contributed by atoms with Crippen LogP contribution < -0.4 is 72.6 Å². The smallest absolute Gasteiger partial charge is 0.489 e. The number of aryl methyl sites for hydroxylation is 3. The van der Waals surface area contributed by atoms with Gasteiger partial charge in [0.05, 0.1) is 0 Å². The van der Waals surface area contributed by atoms with Crippen LogP contribution in [0.25, 0.3) is 11.1 Å². The summed E-state index contributed by atoms with van der Waals surface area (Å²) >= 11 is 0. The van der Waals surface area contributed by atoms with Crippen molar-refractivity contribution in [3.63, 3.8) is 0 Å². The maximum Gasteiger partial charge on any atom is 1.00 e. The van der Waals surface area contributed by atoms with E-state index in [9.17, 15) is 9.59 Å². The Morgan fingerprint density at radius 3 is 2.52 bits per heavy atom. The molecule has 1 unspecified atom stereocenters. The number of aromatic nitrogens is 2. The summed E-state index contributed by atoms with van der Waals surface area (Å²) in [5.41, 5.74) is 7.48. The summed E-state index contributed by atoms with van der Waals surface area (Å²) in [6.07, 6.45) is 1.46. The van der Waals surface area contributed by atoms with E-state index in [0.717, 1.165) is 33.6 Å². The van der Waals surface area contributed by atoms with E-state index < -0.39 is 11.4 Å². The molecular weight excluding hydrogens is 443 g/mol. The number of hydrogen-bond acceptors (Lipinski definition) is 4. The molecule has 6 nitrogen and oxygen atoms in total. The third-order valence-corrected chi connectivity index (χ3v) is 6.10. The molecule has 3 aromatic carbocycles. The molecule has 0 aliphatic heterocycles. The molecule has 0 amide bonds. The third-order valence-electron chi connectivity index (χ3n) is 6.10. The maximum absolute atomic E-state index is 11.9. The molecule has 1 aromatic heterocycles. The van der Waals surface area contributed by atoms with Crippen LogP contribution in [0.15, 0.2) is 74.8 Å². The van der Waals surface area contributed by atoms with E-state index in [1.54, 1.807) is 0 Å². The fraction of sp³-hybridized carbons (Fsp3) is 0.231. The molecule has 0 saturated carbocycles. The Morgan fingerprint density at radius 2 is 1.79 bits per heavy atom. The Balaban J connectivity index is 0.00000259. The van der Waals surface area contributed by atoms with Crippen molar-refractivity contribution in [1.82, 2.24) is 9.72 Å². The molecule has 0 fully saturated rings. The van der Waals surface area contributed by atoms with Gasteiger partial charge in [-0.3, -0.25) is 9.53 Å². The van der Waals surface area contributed by atoms with Crippen molar-refractivity contribution < 1.29 is 60.6 Å². The van der Waals surface area contributed by atoms with Crippen LogP contribution in [0.5, 0.6) is 5.75 Å². The number of hydrogen-bond donors (Lipinski definition) is 0. The number of benzene rings is 3. The Hall–Kier alpha value is -2.16. The quantitative estimate of drug-likeness (QED) is 0.413. The molecular formula is C26H23KN2O4. The summed E-state index contributed by atoms with van der Waals surface area (Å²) in [4.78, 5) is 26.5. The summed E-state index contributed by atoms with van der Waals surface area (Å²) in [5, 5.41) is 0. The van der Waals surface area contributed by atoms with Gasteiger partial charge in [0.25, 0.3) is 0 Å². The largest absolute Gasteiger partial charge is 1.00 e. The fourth-order valence-corrected chi connectivity index (χ4v) is 4.63. The Morgan fingerprint density at radius 1 is 1.03 bits per heavy atom. The topological polar surface area (TPSA) is 75.5 Å². The Labute approximate surface area is 234 Å². The second kappa shape index (κ2) is 9.99.